The highest BCUT2D eigenvalue weighted by Gasteiger charge is 2.60. The molecule has 30 heavy (non-hydrogen) atoms. The second-order valence-electron chi connectivity index (χ2n) is 9.76. The molecule has 1 amide bonds. The zero-order valence-electron chi connectivity index (χ0n) is 17.0. The van der Waals surface area contributed by atoms with E-state index in [0.29, 0.717) is 18.4 Å². The lowest BCUT2D eigenvalue weighted by atomic mass is 9.42. The number of primary sulfonamides is 1. The minimum absolute atomic E-state index is 0.0865. The van der Waals surface area contributed by atoms with E-state index < -0.39 is 10.0 Å². The lowest BCUT2D eigenvalue weighted by molar-refractivity contribution is -0.149. The van der Waals surface area contributed by atoms with Crippen LogP contribution in [0.3, 0.4) is 0 Å². The Morgan fingerprint density at radius 3 is 2.20 bits per heavy atom. The van der Waals surface area contributed by atoms with E-state index in [1.807, 2.05) is 0 Å². The van der Waals surface area contributed by atoms with Gasteiger partial charge in [0, 0.05) is 6.54 Å². The first-order chi connectivity index (χ1) is 14.3. The van der Waals surface area contributed by atoms with Gasteiger partial charge in [-0.25, -0.2) is 13.6 Å². The molecule has 2 aromatic carbocycles. The van der Waals surface area contributed by atoms with Crippen LogP contribution in [0.4, 0.5) is 0 Å². The lowest BCUT2D eigenvalue weighted by Crippen LogP contribution is -2.59. The molecule has 4 aliphatic rings. The molecule has 0 heterocycles. The summed E-state index contributed by atoms with van der Waals surface area (Å²) in [6.07, 6.45) is 6.60. The second-order valence-corrected chi connectivity index (χ2v) is 11.3. The first kappa shape index (κ1) is 19.8. The normalized spacial score (nSPS) is 32.2. The van der Waals surface area contributed by atoms with E-state index in [1.54, 1.807) is 12.1 Å². The van der Waals surface area contributed by atoms with E-state index in [2.05, 4.69) is 35.6 Å². The van der Waals surface area contributed by atoms with E-state index in [0.717, 1.165) is 24.8 Å². The van der Waals surface area contributed by atoms with E-state index >= 15 is 0 Å². The summed E-state index contributed by atoms with van der Waals surface area (Å²) in [7, 11) is -3.70. The zero-order chi connectivity index (χ0) is 21.0. The molecule has 0 saturated heterocycles. The summed E-state index contributed by atoms with van der Waals surface area (Å²) in [6.45, 7) is 0.402. The van der Waals surface area contributed by atoms with Crippen molar-refractivity contribution in [2.75, 3.05) is 0 Å². The molecule has 2 atom stereocenters. The van der Waals surface area contributed by atoms with Crippen molar-refractivity contribution in [1.29, 1.82) is 0 Å². The number of carbonyl (C=O) groups excluding carboxylic acids is 1. The molecule has 2 unspecified atom stereocenters. The van der Waals surface area contributed by atoms with E-state index in [1.165, 1.54) is 37.0 Å². The molecule has 4 saturated carbocycles. The summed E-state index contributed by atoms with van der Waals surface area (Å²) < 4.78 is 22.8. The van der Waals surface area contributed by atoms with Crippen molar-refractivity contribution in [2.24, 2.45) is 22.4 Å². The predicted molar refractivity (Wildman–Crippen MR) is 115 cm³/mol. The monoisotopic (exact) mass is 424 g/mol. The molecule has 0 radical (unpaired) electrons. The Morgan fingerprint density at radius 1 is 0.967 bits per heavy atom. The van der Waals surface area contributed by atoms with Gasteiger partial charge in [-0.05, 0) is 79.0 Å². The molecule has 0 aromatic heterocycles. The highest BCUT2D eigenvalue weighted by Crippen LogP contribution is 2.65. The molecule has 4 fully saturated rings. The maximum absolute atomic E-state index is 13.4. The molecule has 2 aromatic rings. The Balaban J connectivity index is 1.34. The molecule has 0 spiro atoms. The van der Waals surface area contributed by atoms with Gasteiger partial charge in [-0.15, -0.1) is 0 Å². The van der Waals surface area contributed by atoms with Crippen molar-refractivity contribution in [3.8, 4) is 0 Å². The smallest absolute Gasteiger partial charge is 0.238 e. The molecular formula is C24H28N2O3S. The van der Waals surface area contributed by atoms with Crippen LogP contribution in [0, 0.1) is 17.3 Å². The molecule has 0 aliphatic heterocycles. The highest BCUT2D eigenvalue weighted by molar-refractivity contribution is 7.89. The summed E-state index contributed by atoms with van der Waals surface area (Å²) in [4.78, 5) is 13.5. The maximum Gasteiger partial charge on any atom is 0.238 e. The van der Waals surface area contributed by atoms with Gasteiger partial charge in [-0.1, -0.05) is 42.5 Å². The van der Waals surface area contributed by atoms with Crippen molar-refractivity contribution < 1.29 is 13.2 Å². The molecule has 4 aliphatic carbocycles. The highest BCUT2D eigenvalue weighted by atomic mass is 32.2. The van der Waals surface area contributed by atoms with Gasteiger partial charge in [0.1, 0.15) is 0 Å². The summed E-state index contributed by atoms with van der Waals surface area (Å²) in [6, 6.07) is 17.2. The van der Waals surface area contributed by atoms with Gasteiger partial charge in [0.15, 0.2) is 0 Å². The van der Waals surface area contributed by atoms with Crippen LogP contribution in [0.2, 0.25) is 0 Å². The molecule has 6 heteroatoms. The van der Waals surface area contributed by atoms with Crippen molar-refractivity contribution in [3.05, 3.63) is 65.7 Å². The van der Waals surface area contributed by atoms with Crippen LogP contribution < -0.4 is 10.5 Å². The first-order valence-corrected chi connectivity index (χ1v) is 12.3. The van der Waals surface area contributed by atoms with Crippen molar-refractivity contribution in [3.63, 3.8) is 0 Å². The molecule has 4 bridgehead atoms. The van der Waals surface area contributed by atoms with Crippen molar-refractivity contribution in [1.82, 2.24) is 5.32 Å². The average Bonchev–Trinajstić information content (AvgIpc) is 2.71. The van der Waals surface area contributed by atoms with Crippen LogP contribution >= 0.6 is 0 Å². The van der Waals surface area contributed by atoms with Gasteiger partial charge in [-0.3, -0.25) is 4.79 Å². The van der Waals surface area contributed by atoms with Crippen molar-refractivity contribution in [2.45, 2.75) is 55.4 Å². The summed E-state index contributed by atoms with van der Waals surface area (Å²) in [5, 5.41) is 8.32. The second kappa shape index (κ2) is 6.92. The van der Waals surface area contributed by atoms with Gasteiger partial charge >= 0.3 is 0 Å². The summed E-state index contributed by atoms with van der Waals surface area (Å²) in [5.74, 6) is 1.42. The van der Waals surface area contributed by atoms with Crippen LogP contribution in [0.25, 0.3) is 0 Å². The molecule has 158 valence electrons. The third-order valence-electron chi connectivity index (χ3n) is 7.63. The maximum atomic E-state index is 13.4. The van der Waals surface area contributed by atoms with Crippen LogP contribution in [0.5, 0.6) is 0 Å². The van der Waals surface area contributed by atoms with Crippen LogP contribution in [-0.4, -0.2) is 14.3 Å². The van der Waals surface area contributed by atoms with Gasteiger partial charge in [0.05, 0.1) is 10.3 Å². The number of hydrogen-bond donors (Lipinski definition) is 2. The van der Waals surface area contributed by atoms with Gasteiger partial charge < -0.3 is 5.32 Å². The van der Waals surface area contributed by atoms with Gasteiger partial charge in [0.2, 0.25) is 15.9 Å². The standard InChI is InChI=1S/C24H28N2O3S/c25-30(28,29)21-8-6-17(7-9-21)15-26-22(27)24-13-18-10-19(14-24)12-23(11-18,16-24)20-4-2-1-3-5-20/h1-9,18-19H,10-16H2,(H,26,27)(H2,25,28,29). The number of carbonyl (C=O) groups is 1. The number of benzene rings is 2. The van der Waals surface area contributed by atoms with Crippen LogP contribution in [0.15, 0.2) is 59.5 Å². The lowest BCUT2D eigenvalue weighted by Gasteiger charge is -2.61. The van der Waals surface area contributed by atoms with Gasteiger partial charge in [0.25, 0.3) is 0 Å². The van der Waals surface area contributed by atoms with Crippen molar-refractivity contribution >= 4 is 15.9 Å². The Labute approximate surface area is 178 Å². The minimum Gasteiger partial charge on any atom is -0.352 e. The van der Waals surface area contributed by atoms with Crippen LogP contribution in [0.1, 0.15) is 49.7 Å². The molecular weight excluding hydrogens is 396 g/mol. The van der Waals surface area contributed by atoms with E-state index in [4.69, 9.17) is 5.14 Å². The quantitative estimate of drug-likeness (QED) is 0.770. The zero-order valence-corrected chi connectivity index (χ0v) is 17.8. The number of sulfonamides is 1. The summed E-state index contributed by atoms with van der Waals surface area (Å²) >= 11 is 0. The average molecular weight is 425 g/mol. The molecule has 5 nitrogen and oxygen atoms in total. The van der Waals surface area contributed by atoms with E-state index in [-0.39, 0.29) is 21.6 Å². The number of amides is 1. The fraction of sp³-hybridized carbons (Fsp3) is 0.458. The summed E-state index contributed by atoms with van der Waals surface area (Å²) in [5.41, 5.74) is 2.13. The predicted octanol–water partition coefficient (Wildman–Crippen LogP) is 3.49. The van der Waals surface area contributed by atoms with Gasteiger partial charge in [-0.2, -0.15) is 0 Å². The third-order valence-corrected chi connectivity index (χ3v) is 8.56. The first-order valence-electron chi connectivity index (χ1n) is 10.7. The molecule has 3 N–H and O–H groups in total. The largest absolute Gasteiger partial charge is 0.352 e. The number of nitrogens with two attached hydrogens (primary N) is 1. The molecule has 6 rings (SSSR count). The third kappa shape index (κ3) is 3.36. The topological polar surface area (TPSA) is 89.3 Å². The van der Waals surface area contributed by atoms with Crippen LogP contribution in [-0.2, 0) is 26.8 Å². The Bertz CT molecular complexity index is 1050. The Morgan fingerprint density at radius 2 is 1.60 bits per heavy atom. The SMILES string of the molecule is NS(=O)(=O)c1ccc(CNC(=O)C23CC4CC(C2)CC(c2ccccc2)(C4)C3)cc1. The number of nitrogens with one attached hydrogen (secondary N) is 1. The van der Waals surface area contributed by atoms with E-state index in [9.17, 15) is 13.2 Å². The Kier molecular flexibility index (Phi) is 4.56. The fourth-order valence-corrected chi connectivity index (χ4v) is 7.34. The number of rotatable bonds is 5. The Hall–Kier alpha value is -2.18. The fourth-order valence-electron chi connectivity index (χ4n) is 6.82. The number of hydrogen-bond acceptors (Lipinski definition) is 3. The minimum atomic E-state index is -3.70.